The molecule has 0 fully saturated rings. The summed E-state index contributed by atoms with van der Waals surface area (Å²) in [5.74, 6) is 1.10. The van der Waals surface area contributed by atoms with Gasteiger partial charge in [0.2, 0.25) is 5.28 Å². The topological polar surface area (TPSA) is 38.7 Å². The quantitative estimate of drug-likeness (QED) is 0.240. The van der Waals surface area contributed by atoms with Crippen molar-refractivity contribution in [2.75, 3.05) is 0 Å². The fraction of sp³-hybridized carbons (Fsp3) is 0. The van der Waals surface area contributed by atoms with Crippen LogP contribution in [0.15, 0.2) is 133 Å². The zero-order valence-electron chi connectivity index (χ0n) is 19.9. The lowest BCUT2D eigenvalue weighted by Crippen LogP contribution is -1.97. The van der Waals surface area contributed by atoms with Gasteiger partial charge < -0.3 is 0 Å². The Morgan fingerprint density at radius 1 is 0.324 bits per heavy atom. The summed E-state index contributed by atoms with van der Waals surface area (Å²) < 4.78 is 0. The smallest absolute Gasteiger partial charge is 0.208 e. The van der Waals surface area contributed by atoms with Crippen LogP contribution in [0.25, 0.3) is 56.2 Å². The number of rotatable bonds is 5. The summed E-state index contributed by atoms with van der Waals surface area (Å²) in [6.45, 7) is 0. The van der Waals surface area contributed by atoms with Crippen LogP contribution in [0.3, 0.4) is 0 Å². The summed E-state index contributed by atoms with van der Waals surface area (Å²) in [7, 11) is 0. The molecular formula is C33H22ClN3. The first kappa shape index (κ1) is 22.8. The second-order valence-corrected chi connectivity index (χ2v) is 9.06. The first-order valence-electron chi connectivity index (χ1n) is 12.1. The Kier molecular flexibility index (Phi) is 6.28. The molecule has 0 spiro atoms. The summed E-state index contributed by atoms with van der Waals surface area (Å²) in [5, 5.41) is 0.173. The molecule has 6 rings (SSSR count). The lowest BCUT2D eigenvalue weighted by Gasteiger charge is -2.08. The van der Waals surface area contributed by atoms with Gasteiger partial charge in [-0.2, -0.15) is 9.97 Å². The van der Waals surface area contributed by atoms with Crippen molar-refractivity contribution in [3.8, 4) is 56.2 Å². The van der Waals surface area contributed by atoms with E-state index in [1.807, 2.05) is 48.5 Å². The molecule has 37 heavy (non-hydrogen) atoms. The monoisotopic (exact) mass is 495 g/mol. The highest BCUT2D eigenvalue weighted by Gasteiger charge is 2.11. The molecule has 0 bridgehead atoms. The van der Waals surface area contributed by atoms with Crippen molar-refractivity contribution >= 4 is 11.6 Å². The van der Waals surface area contributed by atoms with Crippen molar-refractivity contribution in [2.45, 2.75) is 0 Å². The van der Waals surface area contributed by atoms with Gasteiger partial charge in [-0.05, 0) is 51.0 Å². The molecular weight excluding hydrogens is 474 g/mol. The van der Waals surface area contributed by atoms with Crippen molar-refractivity contribution in [1.82, 2.24) is 15.0 Å². The SMILES string of the molecule is Clc1nc(-c2ccc(-c3ccccc3)cc2)nc(-c2ccc(-c3cccc(-c4ccccc4)c3)cc2)n1. The summed E-state index contributed by atoms with van der Waals surface area (Å²) in [6, 6.07) is 45.6. The van der Waals surface area contributed by atoms with Crippen LogP contribution in [-0.4, -0.2) is 15.0 Å². The molecule has 0 saturated heterocycles. The van der Waals surface area contributed by atoms with Crippen molar-refractivity contribution in [2.24, 2.45) is 0 Å². The summed E-state index contributed by atoms with van der Waals surface area (Å²) in [4.78, 5) is 13.5. The van der Waals surface area contributed by atoms with E-state index in [2.05, 4.69) is 94.9 Å². The second-order valence-electron chi connectivity index (χ2n) is 8.72. The summed E-state index contributed by atoms with van der Waals surface area (Å²) in [5.41, 5.74) is 8.74. The van der Waals surface area contributed by atoms with E-state index < -0.39 is 0 Å². The van der Waals surface area contributed by atoms with Crippen LogP contribution < -0.4 is 0 Å². The van der Waals surface area contributed by atoms with Gasteiger partial charge in [-0.1, -0.05) is 127 Å². The standard InChI is InChI=1S/C33H22ClN3/c34-33-36-31(27-18-14-25(15-19-27)23-8-3-1-4-9-23)35-32(37-33)28-20-16-26(17-21-28)30-13-7-12-29(22-30)24-10-5-2-6-11-24/h1-22H. The van der Waals surface area contributed by atoms with E-state index in [0.29, 0.717) is 11.6 Å². The van der Waals surface area contributed by atoms with Crippen LogP contribution in [0.1, 0.15) is 0 Å². The molecule has 176 valence electrons. The number of benzene rings is 5. The molecule has 6 aromatic rings. The van der Waals surface area contributed by atoms with Crippen LogP contribution >= 0.6 is 11.6 Å². The number of hydrogen-bond donors (Lipinski definition) is 0. The van der Waals surface area contributed by atoms with Gasteiger partial charge in [-0.25, -0.2) is 4.98 Å². The van der Waals surface area contributed by atoms with Gasteiger partial charge in [0.05, 0.1) is 0 Å². The second kappa shape index (κ2) is 10.2. The Labute approximate surface area is 221 Å². The Bertz CT molecular complexity index is 1650. The summed E-state index contributed by atoms with van der Waals surface area (Å²) in [6.07, 6.45) is 0. The largest absolute Gasteiger partial charge is 0.226 e. The third kappa shape index (κ3) is 5.04. The van der Waals surface area contributed by atoms with E-state index in [0.717, 1.165) is 33.4 Å². The Morgan fingerprint density at radius 2 is 0.676 bits per heavy atom. The van der Waals surface area contributed by atoms with E-state index in [-0.39, 0.29) is 5.28 Å². The van der Waals surface area contributed by atoms with Gasteiger partial charge in [0.1, 0.15) is 0 Å². The molecule has 0 unspecified atom stereocenters. The summed E-state index contributed by atoms with van der Waals surface area (Å²) >= 11 is 6.32. The molecule has 4 heteroatoms. The van der Waals surface area contributed by atoms with Crippen LogP contribution in [-0.2, 0) is 0 Å². The minimum atomic E-state index is 0.173. The zero-order valence-corrected chi connectivity index (χ0v) is 20.7. The van der Waals surface area contributed by atoms with Crippen molar-refractivity contribution in [3.63, 3.8) is 0 Å². The number of nitrogens with zero attached hydrogens (tertiary/aromatic N) is 3. The first-order chi connectivity index (χ1) is 18.2. The molecule has 0 radical (unpaired) electrons. The first-order valence-corrected chi connectivity index (χ1v) is 12.4. The third-order valence-electron chi connectivity index (χ3n) is 6.30. The molecule has 0 aliphatic carbocycles. The number of halogens is 1. The average molecular weight is 496 g/mol. The molecule has 5 aromatic carbocycles. The molecule has 0 saturated carbocycles. The van der Waals surface area contributed by atoms with Gasteiger partial charge in [-0.3, -0.25) is 0 Å². The lowest BCUT2D eigenvalue weighted by molar-refractivity contribution is 1.07. The van der Waals surface area contributed by atoms with Crippen molar-refractivity contribution in [1.29, 1.82) is 0 Å². The minimum absolute atomic E-state index is 0.173. The molecule has 1 heterocycles. The molecule has 1 aromatic heterocycles. The molecule has 0 aliphatic rings. The van der Waals surface area contributed by atoms with E-state index >= 15 is 0 Å². The number of hydrogen-bond acceptors (Lipinski definition) is 3. The predicted octanol–water partition coefficient (Wildman–Crippen LogP) is 8.86. The fourth-order valence-corrected chi connectivity index (χ4v) is 4.53. The Hall–Kier alpha value is -4.60. The normalized spacial score (nSPS) is 10.8. The van der Waals surface area contributed by atoms with Crippen LogP contribution in [0.2, 0.25) is 5.28 Å². The molecule has 0 atom stereocenters. The zero-order chi connectivity index (χ0) is 25.0. The lowest BCUT2D eigenvalue weighted by atomic mass is 9.98. The predicted molar refractivity (Wildman–Crippen MR) is 152 cm³/mol. The van der Waals surface area contributed by atoms with Crippen LogP contribution in [0.4, 0.5) is 0 Å². The van der Waals surface area contributed by atoms with Gasteiger partial charge in [0.25, 0.3) is 0 Å². The van der Waals surface area contributed by atoms with E-state index in [4.69, 9.17) is 16.6 Å². The van der Waals surface area contributed by atoms with Gasteiger partial charge in [0, 0.05) is 11.1 Å². The highest BCUT2D eigenvalue weighted by Crippen LogP contribution is 2.29. The molecule has 0 N–H and O–H groups in total. The minimum Gasteiger partial charge on any atom is -0.208 e. The number of aromatic nitrogens is 3. The molecule has 0 amide bonds. The molecule has 0 aliphatic heterocycles. The van der Waals surface area contributed by atoms with Gasteiger partial charge in [0.15, 0.2) is 11.6 Å². The highest BCUT2D eigenvalue weighted by atomic mass is 35.5. The molecule has 3 nitrogen and oxygen atoms in total. The van der Waals surface area contributed by atoms with Gasteiger partial charge >= 0.3 is 0 Å². The van der Waals surface area contributed by atoms with Crippen LogP contribution in [0.5, 0.6) is 0 Å². The van der Waals surface area contributed by atoms with E-state index in [1.54, 1.807) is 0 Å². The maximum Gasteiger partial charge on any atom is 0.226 e. The fourth-order valence-electron chi connectivity index (χ4n) is 4.37. The Balaban J connectivity index is 1.28. The maximum absolute atomic E-state index is 6.32. The van der Waals surface area contributed by atoms with Crippen molar-refractivity contribution in [3.05, 3.63) is 139 Å². The maximum atomic E-state index is 6.32. The average Bonchev–Trinajstić information content (AvgIpc) is 2.98. The van der Waals surface area contributed by atoms with E-state index in [9.17, 15) is 0 Å². The van der Waals surface area contributed by atoms with Crippen molar-refractivity contribution < 1.29 is 0 Å². The highest BCUT2D eigenvalue weighted by molar-refractivity contribution is 6.28. The third-order valence-corrected chi connectivity index (χ3v) is 6.47. The Morgan fingerprint density at radius 3 is 1.16 bits per heavy atom. The van der Waals surface area contributed by atoms with Crippen LogP contribution in [0, 0.1) is 0 Å². The van der Waals surface area contributed by atoms with E-state index in [1.165, 1.54) is 11.1 Å². The van der Waals surface area contributed by atoms with Gasteiger partial charge in [-0.15, -0.1) is 0 Å².